The first-order valence-corrected chi connectivity index (χ1v) is 9.92. The molecule has 0 aliphatic heterocycles. The van der Waals surface area contributed by atoms with E-state index in [2.05, 4.69) is 25.9 Å². The van der Waals surface area contributed by atoms with E-state index in [9.17, 15) is 4.79 Å². The van der Waals surface area contributed by atoms with Gasteiger partial charge >= 0.3 is 6.03 Å². The number of rotatable bonds is 8. The maximum Gasteiger partial charge on any atom is 0.320 e. The van der Waals surface area contributed by atoms with Gasteiger partial charge in [0.15, 0.2) is 0 Å². The van der Waals surface area contributed by atoms with Gasteiger partial charge in [-0.05, 0) is 44.8 Å². The van der Waals surface area contributed by atoms with E-state index in [0.29, 0.717) is 23.6 Å². The predicted octanol–water partition coefficient (Wildman–Crippen LogP) is 4.44. The lowest BCUT2D eigenvalue weighted by Crippen LogP contribution is -2.38. The van der Waals surface area contributed by atoms with Crippen LogP contribution in [0.2, 0.25) is 0 Å². The number of aromatic nitrogens is 2. The van der Waals surface area contributed by atoms with E-state index in [4.69, 9.17) is 5.41 Å². The van der Waals surface area contributed by atoms with Crippen LogP contribution in [0.3, 0.4) is 0 Å². The number of hydrogen-bond donors (Lipinski definition) is 4. The zero-order chi connectivity index (χ0) is 22.2. The SMILES string of the molecule is Cc1cc(Nc2cnc(NC(=O)N[C@H](CN(C)C)c3ccccc3)cc2C=N)ccn1.[HH].[HH]. The van der Waals surface area contributed by atoms with E-state index < -0.39 is 0 Å². The van der Waals surface area contributed by atoms with E-state index in [-0.39, 0.29) is 14.9 Å². The lowest BCUT2D eigenvalue weighted by Gasteiger charge is -2.23. The summed E-state index contributed by atoms with van der Waals surface area (Å²) in [6.45, 7) is 2.57. The van der Waals surface area contributed by atoms with Crippen LogP contribution in [-0.2, 0) is 0 Å². The fourth-order valence-corrected chi connectivity index (χ4v) is 3.14. The molecule has 0 fully saturated rings. The number of anilines is 3. The van der Waals surface area contributed by atoms with Crippen LogP contribution in [0.1, 0.15) is 25.7 Å². The third-order valence-corrected chi connectivity index (χ3v) is 4.56. The molecule has 1 atom stereocenters. The summed E-state index contributed by atoms with van der Waals surface area (Å²) >= 11 is 0. The molecule has 3 rings (SSSR count). The molecule has 0 saturated heterocycles. The normalized spacial score (nSPS) is 11.6. The van der Waals surface area contributed by atoms with Gasteiger partial charge < -0.3 is 20.9 Å². The second-order valence-electron chi connectivity index (χ2n) is 7.44. The number of likely N-dealkylation sites (N-methyl/N-ethyl adjacent to an activating group) is 1. The number of carbonyl (C=O) groups is 1. The molecule has 2 heterocycles. The summed E-state index contributed by atoms with van der Waals surface area (Å²) in [6.07, 6.45) is 4.53. The molecular formula is C23H31N7O. The van der Waals surface area contributed by atoms with Crippen molar-refractivity contribution in [3.63, 3.8) is 0 Å². The molecule has 0 unspecified atom stereocenters. The molecule has 4 N–H and O–H groups in total. The highest BCUT2D eigenvalue weighted by Gasteiger charge is 2.16. The molecule has 164 valence electrons. The number of pyridine rings is 2. The summed E-state index contributed by atoms with van der Waals surface area (Å²) in [4.78, 5) is 23.1. The average molecular weight is 422 g/mol. The second-order valence-corrected chi connectivity index (χ2v) is 7.44. The molecule has 2 aromatic heterocycles. The Morgan fingerprint density at radius 1 is 1.19 bits per heavy atom. The molecule has 0 aliphatic carbocycles. The van der Waals surface area contributed by atoms with Crippen LogP contribution in [0.4, 0.5) is 22.0 Å². The van der Waals surface area contributed by atoms with E-state index in [1.165, 1.54) is 6.21 Å². The van der Waals surface area contributed by atoms with Crippen LogP contribution in [0.25, 0.3) is 0 Å². The number of hydrogen-bond acceptors (Lipinski definition) is 6. The maximum absolute atomic E-state index is 12.6. The van der Waals surface area contributed by atoms with Crippen molar-refractivity contribution in [1.29, 1.82) is 5.41 Å². The van der Waals surface area contributed by atoms with Crippen molar-refractivity contribution in [3.05, 3.63) is 77.7 Å². The van der Waals surface area contributed by atoms with Crippen LogP contribution < -0.4 is 16.0 Å². The smallest absolute Gasteiger partial charge is 0.320 e. The molecular weight excluding hydrogens is 390 g/mol. The number of nitrogens with zero attached hydrogens (tertiary/aromatic N) is 3. The lowest BCUT2D eigenvalue weighted by molar-refractivity contribution is 0.244. The van der Waals surface area contributed by atoms with Crippen molar-refractivity contribution < 1.29 is 7.65 Å². The molecule has 3 aromatic rings. The molecule has 0 radical (unpaired) electrons. The number of aryl methyl sites for hydroxylation is 1. The zero-order valence-corrected chi connectivity index (χ0v) is 17.9. The molecule has 0 saturated carbocycles. The van der Waals surface area contributed by atoms with Crippen LogP contribution in [0.5, 0.6) is 0 Å². The minimum absolute atomic E-state index is 0. The third kappa shape index (κ3) is 6.35. The summed E-state index contributed by atoms with van der Waals surface area (Å²) in [5, 5.41) is 16.7. The van der Waals surface area contributed by atoms with Gasteiger partial charge in [-0.3, -0.25) is 10.3 Å². The Kier molecular flexibility index (Phi) is 7.29. The van der Waals surface area contributed by atoms with Crippen molar-refractivity contribution in [2.45, 2.75) is 13.0 Å². The van der Waals surface area contributed by atoms with E-state index in [0.717, 1.165) is 16.9 Å². The highest BCUT2D eigenvalue weighted by Crippen LogP contribution is 2.21. The van der Waals surface area contributed by atoms with Crippen LogP contribution in [0, 0.1) is 12.3 Å². The molecule has 2 amide bonds. The largest absolute Gasteiger partial charge is 0.354 e. The first-order valence-electron chi connectivity index (χ1n) is 9.92. The summed E-state index contributed by atoms with van der Waals surface area (Å²) in [5.74, 6) is 0.365. The third-order valence-electron chi connectivity index (χ3n) is 4.56. The molecule has 8 heteroatoms. The maximum atomic E-state index is 12.6. The number of urea groups is 1. The molecule has 0 spiro atoms. The Labute approximate surface area is 185 Å². The molecule has 8 nitrogen and oxygen atoms in total. The van der Waals surface area contributed by atoms with Crippen molar-refractivity contribution in [2.24, 2.45) is 0 Å². The van der Waals surface area contributed by atoms with E-state index in [1.54, 1.807) is 18.5 Å². The molecule has 0 bridgehead atoms. The van der Waals surface area contributed by atoms with Crippen molar-refractivity contribution in [2.75, 3.05) is 31.3 Å². The highest BCUT2D eigenvalue weighted by molar-refractivity contribution is 5.92. The lowest BCUT2D eigenvalue weighted by atomic mass is 10.1. The van der Waals surface area contributed by atoms with Gasteiger partial charge in [-0.2, -0.15) is 0 Å². The Hall–Kier alpha value is -3.78. The van der Waals surface area contributed by atoms with Crippen molar-refractivity contribution in [1.82, 2.24) is 20.2 Å². The average Bonchev–Trinajstić information content (AvgIpc) is 2.74. The van der Waals surface area contributed by atoms with Gasteiger partial charge in [-0.25, -0.2) is 9.78 Å². The Morgan fingerprint density at radius 2 is 1.97 bits per heavy atom. The molecule has 31 heavy (non-hydrogen) atoms. The number of benzene rings is 1. The standard InChI is InChI=1S/C23H27N7O.2H2/c1-16-11-19(9-10-25-16)27-20-14-26-22(12-18(20)13-24)29-23(31)28-21(15-30(2)3)17-7-5-4-6-8-17;;/h4-14,21,24H,15H2,1-3H3,(H,25,27)(H2,26,28,29,31);2*1H/t21-;;/m1../s1. The van der Waals surface area contributed by atoms with Gasteiger partial charge in [0.25, 0.3) is 0 Å². The Morgan fingerprint density at radius 3 is 2.65 bits per heavy atom. The summed E-state index contributed by atoms with van der Waals surface area (Å²) in [6, 6.07) is 14.7. The van der Waals surface area contributed by atoms with Crippen molar-refractivity contribution >= 4 is 29.4 Å². The molecule has 0 aliphatic rings. The van der Waals surface area contributed by atoms with Crippen molar-refractivity contribution in [3.8, 4) is 0 Å². The Bertz CT molecular complexity index is 1050. The predicted molar refractivity (Wildman–Crippen MR) is 128 cm³/mol. The van der Waals surface area contributed by atoms with Gasteiger partial charge in [0.05, 0.1) is 17.9 Å². The van der Waals surface area contributed by atoms with Gasteiger partial charge in [0.1, 0.15) is 5.82 Å². The minimum atomic E-state index is -0.357. The topological polar surface area (TPSA) is 106 Å². The fraction of sp³-hybridized carbons (Fsp3) is 0.217. The summed E-state index contributed by atoms with van der Waals surface area (Å²) in [5.41, 5.74) is 4.03. The van der Waals surface area contributed by atoms with Crippen LogP contribution in [0.15, 0.2) is 60.9 Å². The summed E-state index contributed by atoms with van der Waals surface area (Å²) < 4.78 is 0. The van der Waals surface area contributed by atoms with Gasteiger partial charge in [-0.15, -0.1) is 0 Å². The minimum Gasteiger partial charge on any atom is -0.354 e. The first kappa shape index (κ1) is 21.9. The monoisotopic (exact) mass is 421 g/mol. The van der Waals surface area contributed by atoms with Gasteiger partial charge in [0, 0.05) is 38.8 Å². The second kappa shape index (κ2) is 10.3. The quantitative estimate of drug-likeness (QED) is 0.402. The zero-order valence-electron chi connectivity index (χ0n) is 17.9. The number of carbonyl (C=O) groups excluding carboxylic acids is 1. The van der Waals surface area contributed by atoms with E-state index >= 15 is 0 Å². The van der Waals surface area contributed by atoms with Crippen LogP contribution >= 0.6 is 0 Å². The number of nitrogens with one attached hydrogen (secondary N) is 4. The first-order chi connectivity index (χ1) is 14.9. The van der Waals surface area contributed by atoms with Gasteiger partial charge in [0.2, 0.25) is 0 Å². The molecule has 1 aromatic carbocycles. The Balaban J connectivity index is 0.00000272. The summed E-state index contributed by atoms with van der Waals surface area (Å²) in [7, 11) is 3.92. The van der Waals surface area contributed by atoms with E-state index in [1.807, 2.05) is 68.4 Å². The fourth-order valence-electron chi connectivity index (χ4n) is 3.14. The number of amides is 2. The highest BCUT2D eigenvalue weighted by atomic mass is 16.2. The van der Waals surface area contributed by atoms with Gasteiger partial charge in [-0.1, -0.05) is 30.3 Å². The van der Waals surface area contributed by atoms with Crippen LogP contribution in [-0.4, -0.2) is 47.8 Å².